The largest absolute Gasteiger partial charge is 0.507 e. The molecule has 0 bridgehead atoms. The predicted octanol–water partition coefficient (Wildman–Crippen LogP) is 5.48. The van der Waals surface area contributed by atoms with E-state index in [2.05, 4.69) is 0 Å². The zero-order valence-corrected chi connectivity index (χ0v) is 19.9. The Hall–Kier alpha value is -2.51. The van der Waals surface area contributed by atoms with Crippen LogP contribution in [0.4, 0.5) is 0 Å². The van der Waals surface area contributed by atoms with Crippen LogP contribution in [-0.4, -0.2) is 42.0 Å². The third kappa shape index (κ3) is 3.77. The number of aryl methyl sites for hydroxylation is 1. The summed E-state index contributed by atoms with van der Waals surface area (Å²) in [6, 6.07) is 4.36. The summed E-state index contributed by atoms with van der Waals surface area (Å²) in [4.78, 5) is 29.1. The first-order chi connectivity index (χ1) is 15.4. The van der Waals surface area contributed by atoms with E-state index in [1.807, 2.05) is 18.4 Å². The predicted molar refractivity (Wildman–Crippen MR) is 125 cm³/mol. The Bertz CT molecular complexity index is 1090. The van der Waals surface area contributed by atoms with E-state index in [0.29, 0.717) is 11.5 Å². The van der Waals surface area contributed by atoms with Crippen LogP contribution in [0, 0.1) is 6.92 Å². The number of methoxy groups -OCH3 is 2. The molecule has 1 amide bonds. The normalized spacial score (nSPS) is 21.2. The summed E-state index contributed by atoms with van der Waals surface area (Å²) in [5.41, 5.74) is 1.30. The number of nitrogens with zero attached hydrogens (tertiary/aromatic N) is 1. The molecule has 2 aliphatic rings. The Morgan fingerprint density at radius 3 is 2.41 bits per heavy atom. The number of amides is 1. The van der Waals surface area contributed by atoms with Gasteiger partial charge in [0.25, 0.3) is 11.7 Å². The van der Waals surface area contributed by atoms with Crippen LogP contribution >= 0.6 is 22.9 Å². The van der Waals surface area contributed by atoms with Gasteiger partial charge >= 0.3 is 0 Å². The fourth-order valence-corrected chi connectivity index (χ4v) is 5.97. The average Bonchev–Trinajstić information content (AvgIpc) is 3.34. The summed E-state index contributed by atoms with van der Waals surface area (Å²) < 4.78 is 10.7. The van der Waals surface area contributed by atoms with Gasteiger partial charge in [0, 0.05) is 17.0 Å². The molecule has 170 valence electrons. The molecule has 1 aliphatic heterocycles. The van der Waals surface area contributed by atoms with Crippen molar-refractivity contribution < 1.29 is 24.2 Å². The zero-order chi connectivity index (χ0) is 23.0. The van der Waals surface area contributed by atoms with Crippen molar-refractivity contribution in [2.45, 2.75) is 51.1 Å². The minimum Gasteiger partial charge on any atom is -0.507 e. The second-order valence-electron chi connectivity index (χ2n) is 8.15. The highest BCUT2D eigenvalue weighted by atomic mass is 35.5. The van der Waals surface area contributed by atoms with Gasteiger partial charge in [-0.3, -0.25) is 9.59 Å². The van der Waals surface area contributed by atoms with E-state index >= 15 is 0 Å². The summed E-state index contributed by atoms with van der Waals surface area (Å²) in [6.07, 6.45) is 4.87. The Labute approximate surface area is 196 Å². The van der Waals surface area contributed by atoms with Gasteiger partial charge < -0.3 is 19.5 Å². The Kier molecular flexibility index (Phi) is 6.49. The molecule has 32 heavy (non-hydrogen) atoms. The van der Waals surface area contributed by atoms with Gasteiger partial charge in [-0.2, -0.15) is 0 Å². The number of rotatable bonds is 5. The maximum absolute atomic E-state index is 13.3. The number of hydrogen-bond acceptors (Lipinski definition) is 6. The second kappa shape index (κ2) is 9.16. The lowest BCUT2D eigenvalue weighted by Crippen LogP contribution is -2.40. The number of carbonyl (C=O) groups excluding carboxylic acids is 2. The molecule has 1 saturated carbocycles. The lowest BCUT2D eigenvalue weighted by molar-refractivity contribution is -0.141. The van der Waals surface area contributed by atoms with Crippen molar-refractivity contribution in [2.75, 3.05) is 14.2 Å². The Balaban J connectivity index is 1.92. The average molecular weight is 476 g/mol. The molecule has 2 heterocycles. The number of ether oxygens (including phenoxy) is 2. The maximum Gasteiger partial charge on any atom is 0.295 e. The molecule has 0 radical (unpaired) electrons. The smallest absolute Gasteiger partial charge is 0.295 e. The molecule has 6 nitrogen and oxygen atoms in total. The van der Waals surface area contributed by atoms with E-state index in [4.69, 9.17) is 21.1 Å². The highest BCUT2D eigenvalue weighted by Crippen LogP contribution is 2.47. The fraction of sp³-hybridized carbons (Fsp3) is 0.417. The molecule has 1 saturated heterocycles. The summed E-state index contributed by atoms with van der Waals surface area (Å²) in [7, 11) is 2.94. The molecule has 8 heteroatoms. The molecule has 1 aromatic heterocycles. The summed E-state index contributed by atoms with van der Waals surface area (Å²) in [5, 5.41) is 13.6. The van der Waals surface area contributed by atoms with Crippen molar-refractivity contribution in [1.82, 2.24) is 4.90 Å². The van der Waals surface area contributed by atoms with Crippen LogP contribution in [0.3, 0.4) is 0 Å². The lowest BCUT2D eigenvalue weighted by atomic mass is 9.92. The van der Waals surface area contributed by atoms with Gasteiger partial charge in [0.2, 0.25) is 0 Å². The quantitative estimate of drug-likeness (QED) is 0.352. The van der Waals surface area contributed by atoms with Crippen molar-refractivity contribution in [2.24, 2.45) is 0 Å². The number of aliphatic hydroxyl groups excluding tert-OH is 1. The number of halogens is 1. The van der Waals surface area contributed by atoms with Gasteiger partial charge in [-0.05, 0) is 42.8 Å². The van der Waals surface area contributed by atoms with E-state index in [1.165, 1.54) is 31.6 Å². The van der Waals surface area contributed by atoms with Crippen molar-refractivity contribution in [3.8, 4) is 11.5 Å². The molecule has 4 rings (SSSR count). The summed E-state index contributed by atoms with van der Waals surface area (Å²) in [5.74, 6) is -0.849. The number of ketones is 1. The van der Waals surface area contributed by atoms with Crippen LogP contribution in [0.25, 0.3) is 5.76 Å². The van der Waals surface area contributed by atoms with Crippen molar-refractivity contribution in [1.29, 1.82) is 0 Å². The molecule has 2 fully saturated rings. The minimum atomic E-state index is -0.681. The number of carbonyl (C=O) groups is 2. The van der Waals surface area contributed by atoms with Gasteiger partial charge in [-0.15, -0.1) is 11.3 Å². The number of Topliss-reactive ketones (excluding diaryl/α,β-unsaturated/α-hetero) is 1. The van der Waals surface area contributed by atoms with E-state index < -0.39 is 17.7 Å². The number of hydrogen-bond donors (Lipinski definition) is 1. The van der Waals surface area contributed by atoms with Crippen molar-refractivity contribution >= 4 is 40.4 Å². The first kappa shape index (κ1) is 22.7. The van der Waals surface area contributed by atoms with Gasteiger partial charge in [0.15, 0.2) is 0 Å². The first-order valence-corrected chi connectivity index (χ1v) is 11.9. The van der Waals surface area contributed by atoms with Crippen LogP contribution in [0.2, 0.25) is 5.02 Å². The molecule has 0 spiro atoms. The molecule has 1 aliphatic carbocycles. The molecular formula is C24H26ClNO5S. The van der Waals surface area contributed by atoms with Crippen LogP contribution < -0.4 is 9.47 Å². The van der Waals surface area contributed by atoms with Crippen LogP contribution in [0.1, 0.15) is 54.1 Å². The number of likely N-dealkylation sites (tertiary alicyclic amines) is 1. The SMILES string of the molecule is COc1cc(OC)c(/C(O)=C2\C(=O)C(=O)N(C3CCCCC3)C2c2sccc2C)cc1Cl. The van der Waals surface area contributed by atoms with Gasteiger partial charge in [0.05, 0.1) is 30.4 Å². The second-order valence-corrected chi connectivity index (χ2v) is 9.51. The van der Waals surface area contributed by atoms with Crippen LogP contribution in [0.5, 0.6) is 11.5 Å². The maximum atomic E-state index is 13.3. The number of thiophene rings is 1. The molecule has 1 aromatic carbocycles. The fourth-order valence-electron chi connectivity index (χ4n) is 4.70. The summed E-state index contributed by atoms with van der Waals surface area (Å²) in [6.45, 7) is 1.96. The minimum absolute atomic E-state index is 0.0293. The number of aliphatic hydroxyl groups is 1. The highest BCUT2D eigenvalue weighted by molar-refractivity contribution is 7.10. The topological polar surface area (TPSA) is 76.1 Å². The molecule has 1 atom stereocenters. The van der Waals surface area contributed by atoms with E-state index in [1.54, 1.807) is 11.0 Å². The van der Waals surface area contributed by atoms with Gasteiger partial charge in [-0.25, -0.2) is 0 Å². The van der Waals surface area contributed by atoms with Crippen LogP contribution in [0.15, 0.2) is 29.2 Å². The van der Waals surface area contributed by atoms with E-state index in [9.17, 15) is 14.7 Å². The first-order valence-electron chi connectivity index (χ1n) is 10.6. The molecule has 2 aromatic rings. The van der Waals surface area contributed by atoms with Crippen molar-refractivity contribution in [3.63, 3.8) is 0 Å². The molecule has 1 unspecified atom stereocenters. The monoisotopic (exact) mass is 475 g/mol. The van der Waals surface area contributed by atoms with Gasteiger partial charge in [0.1, 0.15) is 23.3 Å². The molecule has 1 N–H and O–H groups in total. The zero-order valence-electron chi connectivity index (χ0n) is 18.3. The Morgan fingerprint density at radius 1 is 1.12 bits per heavy atom. The molecular weight excluding hydrogens is 450 g/mol. The third-order valence-corrected chi connectivity index (χ3v) is 7.69. The standard InChI is InChI=1S/C24H26ClNO5S/c1-13-9-10-32-23(13)20-19(22(28)24(29)26(20)14-7-5-4-6-8-14)21(27)15-11-16(25)18(31-3)12-17(15)30-2/h9-12,14,20,27H,4-8H2,1-3H3/b21-19+. The Morgan fingerprint density at radius 2 is 1.81 bits per heavy atom. The van der Waals surface area contributed by atoms with E-state index in [-0.39, 0.29) is 28.0 Å². The van der Waals surface area contributed by atoms with E-state index in [0.717, 1.165) is 42.5 Å². The summed E-state index contributed by atoms with van der Waals surface area (Å²) >= 11 is 7.80. The van der Waals surface area contributed by atoms with Crippen LogP contribution in [-0.2, 0) is 9.59 Å². The van der Waals surface area contributed by atoms with Gasteiger partial charge in [-0.1, -0.05) is 30.9 Å². The highest BCUT2D eigenvalue weighted by Gasteiger charge is 2.50. The van der Waals surface area contributed by atoms with Crippen molar-refractivity contribution in [3.05, 3.63) is 50.2 Å². The number of benzene rings is 1. The lowest BCUT2D eigenvalue weighted by Gasteiger charge is -2.35. The third-order valence-electron chi connectivity index (χ3n) is 6.33.